The Morgan fingerprint density at radius 1 is 0.962 bits per heavy atom. The van der Waals surface area contributed by atoms with Gasteiger partial charge in [-0.05, 0) is 75.2 Å². The lowest BCUT2D eigenvalue weighted by Gasteiger charge is -2.18. The van der Waals surface area contributed by atoms with E-state index >= 15 is 0 Å². The van der Waals surface area contributed by atoms with Crippen molar-refractivity contribution in [1.29, 1.82) is 0 Å². The first-order valence-electron chi connectivity index (χ1n) is 8.83. The fourth-order valence-corrected chi connectivity index (χ4v) is 3.33. The van der Waals surface area contributed by atoms with Crippen molar-refractivity contribution >= 4 is 29.3 Å². The first kappa shape index (κ1) is 20.0. The van der Waals surface area contributed by atoms with E-state index in [1.54, 1.807) is 29.2 Å². The lowest BCUT2D eigenvalue weighted by Crippen LogP contribution is -2.30. The third-order valence-electron chi connectivity index (χ3n) is 4.31. The van der Waals surface area contributed by atoms with Gasteiger partial charge in [0.05, 0.1) is 5.75 Å². The molecule has 0 saturated carbocycles. The second-order valence-corrected chi connectivity index (χ2v) is 7.19. The standard InChI is InChI=1S/C21H26N2O2S/c1-5-23(6-2)21(25)17-8-10-18(11-9-17)22-20(24)14-26-19-12-7-15(3)16(4)13-19/h7-13H,5-6,14H2,1-4H3,(H,22,24). The highest BCUT2D eigenvalue weighted by Gasteiger charge is 2.12. The molecule has 4 nitrogen and oxygen atoms in total. The number of nitrogens with zero attached hydrogens (tertiary/aromatic N) is 1. The number of anilines is 1. The van der Waals surface area contributed by atoms with Crippen molar-refractivity contribution in [3.8, 4) is 0 Å². The van der Waals surface area contributed by atoms with Crippen LogP contribution in [0.4, 0.5) is 5.69 Å². The topological polar surface area (TPSA) is 49.4 Å². The normalized spacial score (nSPS) is 10.5. The molecule has 0 unspecified atom stereocenters. The van der Waals surface area contributed by atoms with Crippen LogP contribution in [0.25, 0.3) is 0 Å². The fourth-order valence-electron chi connectivity index (χ4n) is 2.54. The first-order valence-corrected chi connectivity index (χ1v) is 9.82. The Kier molecular flexibility index (Phi) is 7.27. The summed E-state index contributed by atoms with van der Waals surface area (Å²) in [6.45, 7) is 9.44. The molecule has 5 heteroatoms. The molecule has 138 valence electrons. The molecular formula is C21H26N2O2S. The predicted octanol–water partition coefficient (Wildman–Crippen LogP) is 4.52. The van der Waals surface area contributed by atoms with Gasteiger partial charge < -0.3 is 10.2 Å². The molecule has 2 aromatic rings. The monoisotopic (exact) mass is 370 g/mol. The van der Waals surface area contributed by atoms with Crippen LogP contribution in [0, 0.1) is 13.8 Å². The molecule has 0 fully saturated rings. The van der Waals surface area contributed by atoms with Crippen LogP contribution in [0.3, 0.4) is 0 Å². The number of rotatable bonds is 7. The molecule has 2 aromatic carbocycles. The predicted molar refractivity (Wildman–Crippen MR) is 109 cm³/mol. The van der Waals surface area contributed by atoms with Crippen molar-refractivity contribution < 1.29 is 9.59 Å². The van der Waals surface area contributed by atoms with Crippen molar-refractivity contribution in [3.05, 3.63) is 59.2 Å². The van der Waals surface area contributed by atoms with Gasteiger partial charge in [-0.3, -0.25) is 9.59 Å². The molecule has 0 bridgehead atoms. The number of hydrogen-bond acceptors (Lipinski definition) is 3. The van der Waals surface area contributed by atoms with Crippen LogP contribution in [0.5, 0.6) is 0 Å². The van der Waals surface area contributed by atoms with Crippen LogP contribution >= 0.6 is 11.8 Å². The lowest BCUT2D eigenvalue weighted by molar-refractivity contribution is -0.113. The molecule has 2 rings (SSSR count). The van der Waals surface area contributed by atoms with E-state index < -0.39 is 0 Å². The van der Waals surface area contributed by atoms with Crippen LogP contribution in [-0.2, 0) is 4.79 Å². The van der Waals surface area contributed by atoms with Gasteiger partial charge in [-0.2, -0.15) is 0 Å². The zero-order valence-electron chi connectivity index (χ0n) is 15.8. The zero-order valence-corrected chi connectivity index (χ0v) is 16.7. The van der Waals surface area contributed by atoms with Crippen LogP contribution in [0.15, 0.2) is 47.4 Å². The largest absolute Gasteiger partial charge is 0.339 e. The minimum atomic E-state index is -0.0592. The number of carbonyl (C=O) groups excluding carboxylic acids is 2. The van der Waals surface area contributed by atoms with Crippen molar-refractivity contribution in [2.75, 3.05) is 24.2 Å². The Morgan fingerprint density at radius 3 is 2.19 bits per heavy atom. The highest BCUT2D eigenvalue weighted by Crippen LogP contribution is 2.21. The molecule has 0 radical (unpaired) electrons. The van der Waals surface area contributed by atoms with E-state index in [1.807, 2.05) is 19.9 Å². The van der Waals surface area contributed by atoms with E-state index in [4.69, 9.17) is 0 Å². The van der Waals surface area contributed by atoms with Gasteiger partial charge >= 0.3 is 0 Å². The van der Waals surface area contributed by atoms with Crippen LogP contribution in [-0.4, -0.2) is 35.6 Å². The van der Waals surface area contributed by atoms with E-state index in [1.165, 1.54) is 22.9 Å². The minimum Gasteiger partial charge on any atom is -0.339 e. The van der Waals surface area contributed by atoms with Gasteiger partial charge in [-0.15, -0.1) is 11.8 Å². The Labute approximate surface area is 160 Å². The van der Waals surface area contributed by atoms with Gasteiger partial charge in [-0.25, -0.2) is 0 Å². The highest BCUT2D eigenvalue weighted by molar-refractivity contribution is 8.00. The molecule has 2 amide bonds. The molecule has 0 atom stereocenters. The van der Waals surface area contributed by atoms with Gasteiger partial charge in [0.1, 0.15) is 0 Å². The average Bonchev–Trinajstić information content (AvgIpc) is 2.64. The van der Waals surface area contributed by atoms with Crippen LogP contribution in [0.2, 0.25) is 0 Å². The summed E-state index contributed by atoms with van der Waals surface area (Å²) in [5.41, 5.74) is 3.81. The van der Waals surface area contributed by atoms with Crippen molar-refractivity contribution in [3.63, 3.8) is 0 Å². The number of thioether (sulfide) groups is 1. The smallest absolute Gasteiger partial charge is 0.253 e. The van der Waals surface area contributed by atoms with Gasteiger partial charge in [0.15, 0.2) is 0 Å². The van der Waals surface area contributed by atoms with Crippen LogP contribution < -0.4 is 5.32 Å². The second-order valence-electron chi connectivity index (χ2n) is 6.14. The molecule has 0 spiro atoms. The molecule has 0 aliphatic carbocycles. The number of carbonyl (C=O) groups is 2. The van der Waals surface area contributed by atoms with E-state index in [0.717, 1.165) is 4.90 Å². The summed E-state index contributed by atoms with van der Waals surface area (Å²) >= 11 is 1.52. The Hall–Kier alpha value is -2.27. The Bertz CT molecular complexity index is 768. The summed E-state index contributed by atoms with van der Waals surface area (Å²) in [5, 5.41) is 2.88. The summed E-state index contributed by atoms with van der Waals surface area (Å²) in [4.78, 5) is 27.3. The number of aryl methyl sites for hydroxylation is 2. The minimum absolute atomic E-state index is 0.0122. The third kappa shape index (κ3) is 5.36. The van der Waals surface area contributed by atoms with Gasteiger partial charge in [0.2, 0.25) is 5.91 Å². The molecule has 0 aromatic heterocycles. The third-order valence-corrected chi connectivity index (χ3v) is 5.31. The summed E-state index contributed by atoms with van der Waals surface area (Å²) < 4.78 is 0. The van der Waals surface area contributed by atoms with E-state index in [-0.39, 0.29) is 11.8 Å². The first-order chi connectivity index (χ1) is 12.4. The molecule has 0 aliphatic heterocycles. The van der Waals surface area contributed by atoms with E-state index in [2.05, 4.69) is 31.3 Å². The van der Waals surface area contributed by atoms with Gasteiger partial charge in [-0.1, -0.05) is 6.07 Å². The summed E-state index contributed by atoms with van der Waals surface area (Å²) in [7, 11) is 0. The molecular weight excluding hydrogens is 344 g/mol. The maximum absolute atomic E-state index is 12.3. The maximum atomic E-state index is 12.3. The van der Waals surface area contributed by atoms with Gasteiger partial charge in [0, 0.05) is 29.2 Å². The Morgan fingerprint density at radius 2 is 1.62 bits per heavy atom. The molecule has 0 heterocycles. The Balaban J connectivity index is 1.90. The second kappa shape index (κ2) is 9.43. The lowest BCUT2D eigenvalue weighted by atomic mass is 10.1. The quantitative estimate of drug-likeness (QED) is 0.729. The number of nitrogens with one attached hydrogen (secondary N) is 1. The van der Waals surface area contributed by atoms with Crippen molar-refractivity contribution in [2.24, 2.45) is 0 Å². The fraction of sp³-hybridized carbons (Fsp3) is 0.333. The molecule has 26 heavy (non-hydrogen) atoms. The van der Waals surface area contributed by atoms with E-state index in [9.17, 15) is 9.59 Å². The summed E-state index contributed by atoms with van der Waals surface area (Å²) in [6, 6.07) is 13.3. The van der Waals surface area contributed by atoms with E-state index in [0.29, 0.717) is 30.1 Å². The highest BCUT2D eigenvalue weighted by atomic mass is 32.2. The van der Waals surface area contributed by atoms with Crippen LogP contribution in [0.1, 0.15) is 35.3 Å². The average molecular weight is 371 g/mol. The SMILES string of the molecule is CCN(CC)C(=O)c1ccc(NC(=O)CSc2ccc(C)c(C)c2)cc1. The maximum Gasteiger partial charge on any atom is 0.253 e. The number of benzene rings is 2. The summed E-state index contributed by atoms with van der Waals surface area (Å²) in [6.07, 6.45) is 0. The van der Waals surface area contributed by atoms with Gasteiger partial charge in [0.25, 0.3) is 5.91 Å². The summed E-state index contributed by atoms with van der Waals surface area (Å²) in [5.74, 6) is 0.303. The van der Waals surface area contributed by atoms with Crippen molar-refractivity contribution in [1.82, 2.24) is 4.90 Å². The molecule has 1 N–H and O–H groups in total. The number of hydrogen-bond donors (Lipinski definition) is 1. The van der Waals surface area contributed by atoms with Crippen molar-refractivity contribution in [2.45, 2.75) is 32.6 Å². The number of amides is 2. The molecule has 0 aliphatic rings. The molecule has 0 saturated heterocycles. The zero-order chi connectivity index (χ0) is 19.1.